The summed E-state index contributed by atoms with van der Waals surface area (Å²) in [7, 11) is 0. The van der Waals surface area contributed by atoms with Gasteiger partial charge in [-0.25, -0.2) is 0 Å². The van der Waals surface area contributed by atoms with E-state index in [-0.39, 0.29) is 11.9 Å². The average molecular weight is 234 g/mol. The van der Waals surface area contributed by atoms with Crippen LogP contribution in [-0.4, -0.2) is 18.5 Å². The number of nitrogens with one attached hydrogen (secondary N) is 2. The molecule has 1 amide bonds. The number of carbonyl (C=O) groups is 1. The van der Waals surface area contributed by atoms with Crippen molar-refractivity contribution < 1.29 is 4.79 Å². The number of hydrogen-bond donors (Lipinski definition) is 2. The molecule has 0 fully saturated rings. The molecular weight excluding hydrogens is 212 g/mol. The first-order valence-electron chi connectivity index (χ1n) is 6.09. The van der Waals surface area contributed by atoms with Crippen molar-refractivity contribution in [1.82, 2.24) is 5.32 Å². The molecule has 0 aromatic heterocycles. The summed E-state index contributed by atoms with van der Waals surface area (Å²) in [6.45, 7) is 8.75. The predicted molar refractivity (Wildman–Crippen MR) is 72.3 cm³/mol. The molecule has 94 valence electrons. The third-order valence-corrected chi connectivity index (χ3v) is 2.35. The summed E-state index contributed by atoms with van der Waals surface area (Å²) in [6, 6.07) is 6.53. The van der Waals surface area contributed by atoms with Crippen LogP contribution in [0.15, 0.2) is 18.2 Å². The molecule has 0 unspecified atom stereocenters. The van der Waals surface area contributed by atoms with E-state index in [0.29, 0.717) is 13.0 Å². The highest BCUT2D eigenvalue weighted by Gasteiger charge is 2.02. The largest absolute Gasteiger partial charge is 0.385 e. The second-order valence-corrected chi connectivity index (χ2v) is 4.78. The minimum atomic E-state index is 0.0943. The van der Waals surface area contributed by atoms with Gasteiger partial charge in [0.2, 0.25) is 5.91 Å². The number of carbonyl (C=O) groups excluding carboxylic acids is 1. The number of amides is 1. The van der Waals surface area contributed by atoms with Gasteiger partial charge < -0.3 is 10.6 Å². The molecule has 0 bridgehead atoms. The zero-order valence-electron chi connectivity index (χ0n) is 11.1. The van der Waals surface area contributed by atoms with Crippen LogP contribution < -0.4 is 10.6 Å². The number of anilines is 1. The summed E-state index contributed by atoms with van der Waals surface area (Å²) >= 11 is 0. The standard InChI is InChI=1S/C14H22N2O/c1-10(2)16-14(17)5-6-15-13-8-11(3)7-12(4)9-13/h7-10,15H,5-6H2,1-4H3,(H,16,17). The molecule has 0 spiro atoms. The van der Waals surface area contributed by atoms with Crippen molar-refractivity contribution in [1.29, 1.82) is 0 Å². The fourth-order valence-corrected chi connectivity index (χ4v) is 1.79. The van der Waals surface area contributed by atoms with Gasteiger partial charge in [-0.2, -0.15) is 0 Å². The molecule has 0 saturated carbocycles. The quantitative estimate of drug-likeness (QED) is 0.822. The Bertz CT molecular complexity index is 366. The van der Waals surface area contributed by atoms with Crippen LogP contribution in [0.3, 0.4) is 0 Å². The predicted octanol–water partition coefficient (Wildman–Crippen LogP) is 2.63. The summed E-state index contributed by atoms with van der Waals surface area (Å²) in [5.41, 5.74) is 3.55. The molecule has 1 aromatic carbocycles. The smallest absolute Gasteiger partial charge is 0.221 e. The Labute approximate surface area is 104 Å². The van der Waals surface area contributed by atoms with Crippen LogP contribution in [0.25, 0.3) is 0 Å². The first-order chi connectivity index (χ1) is 7.97. The van der Waals surface area contributed by atoms with Crippen LogP contribution >= 0.6 is 0 Å². The molecule has 0 atom stereocenters. The van der Waals surface area contributed by atoms with E-state index in [0.717, 1.165) is 5.69 Å². The molecule has 0 aliphatic rings. The highest BCUT2D eigenvalue weighted by atomic mass is 16.1. The van der Waals surface area contributed by atoms with Crippen LogP contribution in [-0.2, 0) is 4.79 Å². The van der Waals surface area contributed by atoms with Gasteiger partial charge in [-0.1, -0.05) is 6.07 Å². The molecule has 0 radical (unpaired) electrons. The summed E-state index contributed by atoms with van der Waals surface area (Å²) in [6.07, 6.45) is 0.505. The fraction of sp³-hybridized carbons (Fsp3) is 0.500. The second-order valence-electron chi connectivity index (χ2n) is 4.78. The summed E-state index contributed by atoms with van der Waals surface area (Å²) < 4.78 is 0. The zero-order chi connectivity index (χ0) is 12.8. The number of hydrogen-bond acceptors (Lipinski definition) is 2. The molecule has 3 nitrogen and oxygen atoms in total. The molecule has 1 rings (SSSR count). The second kappa shape index (κ2) is 6.28. The number of rotatable bonds is 5. The van der Waals surface area contributed by atoms with Crippen LogP contribution in [0.4, 0.5) is 5.69 Å². The Morgan fingerprint density at radius 1 is 1.18 bits per heavy atom. The van der Waals surface area contributed by atoms with Crippen molar-refractivity contribution in [3.8, 4) is 0 Å². The molecule has 0 aliphatic carbocycles. The minimum Gasteiger partial charge on any atom is -0.385 e. The molecular formula is C14H22N2O. The van der Waals surface area contributed by atoms with Gasteiger partial charge >= 0.3 is 0 Å². The highest BCUT2D eigenvalue weighted by Crippen LogP contribution is 2.13. The molecule has 0 aliphatic heterocycles. The van der Waals surface area contributed by atoms with Crippen molar-refractivity contribution >= 4 is 11.6 Å². The normalized spacial score (nSPS) is 10.4. The van der Waals surface area contributed by atoms with Gasteiger partial charge in [0.05, 0.1) is 0 Å². The Morgan fingerprint density at radius 3 is 2.29 bits per heavy atom. The van der Waals surface area contributed by atoms with Crippen LogP contribution in [0.2, 0.25) is 0 Å². The number of aryl methyl sites for hydroxylation is 2. The maximum atomic E-state index is 11.4. The minimum absolute atomic E-state index is 0.0943. The van der Waals surface area contributed by atoms with Crippen molar-refractivity contribution in [2.75, 3.05) is 11.9 Å². The molecule has 2 N–H and O–H groups in total. The van der Waals surface area contributed by atoms with Crippen LogP contribution in [0.5, 0.6) is 0 Å². The summed E-state index contributed by atoms with van der Waals surface area (Å²) in [4.78, 5) is 11.4. The highest BCUT2D eigenvalue weighted by molar-refractivity contribution is 5.76. The van der Waals surface area contributed by atoms with E-state index < -0.39 is 0 Å². The molecule has 17 heavy (non-hydrogen) atoms. The lowest BCUT2D eigenvalue weighted by molar-refractivity contribution is -0.121. The first kappa shape index (κ1) is 13.6. The first-order valence-corrected chi connectivity index (χ1v) is 6.09. The molecule has 0 saturated heterocycles. The van der Waals surface area contributed by atoms with Crippen molar-refractivity contribution in [2.24, 2.45) is 0 Å². The van der Waals surface area contributed by atoms with E-state index in [9.17, 15) is 4.79 Å². The van der Waals surface area contributed by atoms with Gasteiger partial charge in [0, 0.05) is 24.7 Å². The number of benzene rings is 1. The lowest BCUT2D eigenvalue weighted by atomic mass is 10.1. The monoisotopic (exact) mass is 234 g/mol. The maximum Gasteiger partial charge on any atom is 0.221 e. The van der Waals surface area contributed by atoms with E-state index in [1.807, 2.05) is 13.8 Å². The maximum absolute atomic E-state index is 11.4. The molecule has 0 heterocycles. The van der Waals surface area contributed by atoms with E-state index in [1.54, 1.807) is 0 Å². The van der Waals surface area contributed by atoms with Gasteiger partial charge in [0.25, 0.3) is 0 Å². The van der Waals surface area contributed by atoms with Crippen molar-refractivity contribution in [3.63, 3.8) is 0 Å². The molecule has 3 heteroatoms. The topological polar surface area (TPSA) is 41.1 Å². The third kappa shape index (κ3) is 5.38. The van der Waals surface area contributed by atoms with Gasteiger partial charge in [-0.05, 0) is 51.0 Å². The van der Waals surface area contributed by atoms with Crippen molar-refractivity contribution in [2.45, 2.75) is 40.2 Å². The third-order valence-electron chi connectivity index (χ3n) is 2.35. The zero-order valence-corrected chi connectivity index (χ0v) is 11.1. The van der Waals surface area contributed by atoms with Crippen LogP contribution in [0, 0.1) is 13.8 Å². The Balaban J connectivity index is 2.38. The lowest BCUT2D eigenvalue weighted by Crippen LogP contribution is -2.31. The Morgan fingerprint density at radius 2 is 1.76 bits per heavy atom. The average Bonchev–Trinajstić information content (AvgIpc) is 2.14. The van der Waals surface area contributed by atoms with E-state index in [2.05, 4.69) is 42.7 Å². The summed E-state index contributed by atoms with van der Waals surface area (Å²) in [5, 5.41) is 6.14. The fourth-order valence-electron chi connectivity index (χ4n) is 1.79. The van der Waals surface area contributed by atoms with Gasteiger partial charge in [0.1, 0.15) is 0 Å². The van der Waals surface area contributed by atoms with Crippen LogP contribution in [0.1, 0.15) is 31.4 Å². The summed E-state index contributed by atoms with van der Waals surface area (Å²) in [5.74, 6) is 0.0943. The van der Waals surface area contributed by atoms with Gasteiger partial charge in [0.15, 0.2) is 0 Å². The van der Waals surface area contributed by atoms with E-state index in [1.165, 1.54) is 11.1 Å². The Hall–Kier alpha value is -1.51. The lowest BCUT2D eigenvalue weighted by Gasteiger charge is -2.10. The SMILES string of the molecule is Cc1cc(C)cc(NCCC(=O)NC(C)C)c1. The Kier molecular flexibility index (Phi) is 5.01. The van der Waals surface area contributed by atoms with Gasteiger partial charge in [-0.3, -0.25) is 4.79 Å². The van der Waals surface area contributed by atoms with E-state index in [4.69, 9.17) is 0 Å². The van der Waals surface area contributed by atoms with Gasteiger partial charge in [-0.15, -0.1) is 0 Å². The van der Waals surface area contributed by atoms with Crippen molar-refractivity contribution in [3.05, 3.63) is 29.3 Å². The van der Waals surface area contributed by atoms with E-state index >= 15 is 0 Å². The molecule has 1 aromatic rings.